The minimum Gasteiger partial charge on any atom is -0.504 e. The highest BCUT2D eigenvalue weighted by Crippen LogP contribution is 2.63. The lowest BCUT2D eigenvalue weighted by Crippen LogP contribution is -2.57. The van der Waals surface area contributed by atoms with Crippen molar-refractivity contribution in [2.24, 2.45) is 16.7 Å². The van der Waals surface area contributed by atoms with Crippen LogP contribution in [0.2, 0.25) is 0 Å². The maximum Gasteiger partial charge on any atom is 0.340 e. The van der Waals surface area contributed by atoms with Gasteiger partial charge in [-0.25, -0.2) is 4.79 Å². The highest BCUT2D eigenvalue weighted by Gasteiger charge is 2.64. The van der Waals surface area contributed by atoms with Crippen LogP contribution in [0.15, 0.2) is 34.3 Å². The molecule has 0 aromatic heterocycles. The standard InChI is InChI=1S/C30H44N2O8/c1-9-32(13-16(2)31(6)7)14-18-24-27(36)26(35)23-19-10-11-21(34)29(19,4)12-20(39-17(3)33)25(23)30(24,5)22(15-38-8)40-28(18)37/h14,16,19-22,34,36H,9-13,15H2,1-8H3/b18-14-. The third kappa shape index (κ3) is 4.67. The van der Waals surface area contributed by atoms with Crippen LogP contribution in [0.3, 0.4) is 0 Å². The molecule has 7 atom stereocenters. The van der Waals surface area contributed by atoms with Gasteiger partial charge >= 0.3 is 11.9 Å². The Balaban J connectivity index is 1.96. The summed E-state index contributed by atoms with van der Waals surface area (Å²) in [5.74, 6) is -2.63. The normalized spacial score (nSPS) is 35.4. The summed E-state index contributed by atoms with van der Waals surface area (Å²) in [4.78, 5) is 44.0. The van der Waals surface area contributed by atoms with Crippen LogP contribution < -0.4 is 0 Å². The number of allylic oxidation sites excluding steroid dienone is 1. The number of rotatable bonds is 8. The zero-order valence-electron chi connectivity index (χ0n) is 24.9. The molecule has 1 aliphatic heterocycles. The average molecular weight is 561 g/mol. The Kier molecular flexibility index (Phi) is 8.28. The maximum absolute atomic E-state index is 14.1. The number of cyclic esters (lactones) is 1. The first kappa shape index (κ1) is 30.3. The molecule has 222 valence electrons. The predicted molar refractivity (Wildman–Crippen MR) is 147 cm³/mol. The van der Waals surface area contributed by atoms with E-state index in [9.17, 15) is 24.6 Å². The SMILES string of the molecule is CCN(/C=C1\C(=O)OC(COC)C2(C)C1=C(O)C(=O)C1=C2C(OC(C)=O)CC2(C)C(O)CCC12)CC(C)N(C)C. The molecule has 4 rings (SSSR count). The van der Waals surface area contributed by atoms with Crippen LogP contribution in [0.4, 0.5) is 0 Å². The smallest absolute Gasteiger partial charge is 0.340 e. The summed E-state index contributed by atoms with van der Waals surface area (Å²) >= 11 is 0. The summed E-state index contributed by atoms with van der Waals surface area (Å²) in [6.45, 7) is 10.3. The number of Topliss-reactive ketones (excluding diaryl/α,β-unsaturated/α-hetero) is 1. The van der Waals surface area contributed by atoms with E-state index in [-0.39, 0.29) is 29.7 Å². The molecule has 1 saturated carbocycles. The number of carbonyl (C=O) groups excluding carboxylic acids is 3. The summed E-state index contributed by atoms with van der Waals surface area (Å²) in [6, 6.07) is 0.159. The first-order valence-corrected chi connectivity index (χ1v) is 14.1. The number of aliphatic hydroxyl groups is 2. The topological polar surface area (TPSA) is 126 Å². The van der Waals surface area contributed by atoms with E-state index in [0.29, 0.717) is 43.5 Å². The number of ketones is 1. The number of methoxy groups -OCH3 is 1. The highest BCUT2D eigenvalue weighted by molar-refractivity contribution is 6.13. The van der Waals surface area contributed by atoms with Gasteiger partial charge in [0.05, 0.1) is 23.7 Å². The van der Waals surface area contributed by atoms with Gasteiger partial charge in [0.2, 0.25) is 5.78 Å². The number of aliphatic hydroxyl groups excluding tert-OH is 2. The van der Waals surface area contributed by atoms with Crippen molar-refractivity contribution < 1.29 is 38.8 Å². The Bertz CT molecular complexity index is 1170. The quantitative estimate of drug-likeness (QED) is 0.338. The predicted octanol–water partition coefficient (Wildman–Crippen LogP) is 2.52. The van der Waals surface area contributed by atoms with Gasteiger partial charge in [0, 0.05) is 55.9 Å². The van der Waals surface area contributed by atoms with Crippen LogP contribution in [-0.4, -0.2) is 103 Å². The number of ether oxygens (including phenoxy) is 3. The van der Waals surface area contributed by atoms with Crippen LogP contribution in [0.5, 0.6) is 0 Å². The molecule has 1 saturated heterocycles. The summed E-state index contributed by atoms with van der Waals surface area (Å²) in [5, 5.41) is 22.6. The molecule has 1 heterocycles. The Morgan fingerprint density at radius 2 is 1.93 bits per heavy atom. The van der Waals surface area contributed by atoms with Crippen molar-refractivity contribution in [3.8, 4) is 0 Å². The fourth-order valence-corrected chi connectivity index (χ4v) is 7.23. The molecule has 4 aliphatic rings. The van der Waals surface area contributed by atoms with Gasteiger partial charge in [-0.15, -0.1) is 0 Å². The summed E-state index contributed by atoms with van der Waals surface area (Å²) in [6.07, 6.45) is 0.585. The molecule has 3 aliphatic carbocycles. The molecular weight excluding hydrogens is 516 g/mol. The number of carbonyl (C=O) groups is 3. The Morgan fingerprint density at radius 1 is 1.25 bits per heavy atom. The fraction of sp³-hybridized carbons (Fsp3) is 0.700. The van der Waals surface area contributed by atoms with E-state index in [1.54, 1.807) is 6.20 Å². The van der Waals surface area contributed by atoms with E-state index in [4.69, 9.17) is 14.2 Å². The largest absolute Gasteiger partial charge is 0.504 e. The molecule has 0 bridgehead atoms. The van der Waals surface area contributed by atoms with Crippen molar-refractivity contribution in [2.75, 3.05) is 40.9 Å². The van der Waals surface area contributed by atoms with Gasteiger partial charge in [0.25, 0.3) is 0 Å². The first-order valence-electron chi connectivity index (χ1n) is 14.1. The van der Waals surface area contributed by atoms with Gasteiger partial charge in [-0.05, 0) is 65.6 Å². The van der Waals surface area contributed by atoms with Gasteiger partial charge in [-0.2, -0.15) is 0 Å². The second kappa shape index (κ2) is 10.9. The van der Waals surface area contributed by atoms with Gasteiger partial charge in [0.1, 0.15) is 12.2 Å². The van der Waals surface area contributed by atoms with E-state index in [1.165, 1.54) is 14.0 Å². The third-order valence-electron chi connectivity index (χ3n) is 9.75. The molecule has 0 aromatic carbocycles. The molecule has 0 spiro atoms. The van der Waals surface area contributed by atoms with E-state index in [0.717, 1.165) is 0 Å². The summed E-state index contributed by atoms with van der Waals surface area (Å²) in [7, 11) is 5.44. The first-order chi connectivity index (χ1) is 18.7. The van der Waals surface area contributed by atoms with Crippen LogP contribution in [0.25, 0.3) is 0 Å². The Labute approximate surface area is 236 Å². The monoisotopic (exact) mass is 560 g/mol. The number of fused-ring (bicyclic) bond motifs is 4. The van der Waals surface area contributed by atoms with Gasteiger partial charge in [0.15, 0.2) is 5.76 Å². The van der Waals surface area contributed by atoms with Crippen LogP contribution in [0.1, 0.15) is 53.9 Å². The second-order valence-corrected chi connectivity index (χ2v) is 12.3. The lowest BCUT2D eigenvalue weighted by Gasteiger charge is -2.54. The van der Waals surface area contributed by atoms with E-state index in [2.05, 4.69) is 11.8 Å². The fourth-order valence-electron chi connectivity index (χ4n) is 7.23. The lowest BCUT2D eigenvalue weighted by molar-refractivity contribution is -0.161. The van der Waals surface area contributed by atoms with Crippen molar-refractivity contribution in [3.63, 3.8) is 0 Å². The minimum atomic E-state index is -1.22. The summed E-state index contributed by atoms with van der Waals surface area (Å²) < 4.78 is 17.3. The van der Waals surface area contributed by atoms with E-state index < -0.39 is 52.6 Å². The van der Waals surface area contributed by atoms with Crippen molar-refractivity contribution >= 4 is 17.7 Å². The van der Waals surface area contributed by atoms with Gasteiger partial charge in [-0.1, -0.05) is 6.92 Å². The van der Waals surface area contributed by atoms with Crippen molar-refractivity contribution in [1.29, 1.82) is 0 Å². The number of esters is 2. The number of likely N-dealkylation sites (N-methyl/N-ethyl adjacent to an activating group) is 2. The zero-order chi connectivity index (χ0) is 29.7. The molecular formula is C30H44N2O8. The van der Waals surface area contributed by atoms with Crippen LogP contribution >= 0.6 is 0 Å². The van der Waals surface area contributed by atoms with E-state index in [1.807, 2.05) is 39.8 Å². The molecule has 2 N–H and O–H groups in total. The molecule has 0 radical (unpaired) electrons. The van der Waals surface area contributed by atoms with Crippen LogP contribution in [0, 0.1) is 16.7 Å². The molecule has 10 heteroatoms. The minimum absolute atomic E-state index is 0.00375. The molecule has 2 fully saturated rings. The zero-order valence-corrected chi connectivity index (χ0v) is 24.9. The second-order valence-electron chi connectivity index (χ2n) is 12.3. The third-order valence-corrected chi connectivity index (χ3v) is 9.75. The summed E-state index contributed by atoms with van der Waals surface area (Å²) in [5.41, 5.74) is -0.782. The molecule has 0 amide bonds. The van der Waals surface area contributed by atoms with Crippen molar-refractivity contribution in [3.05, 3.63) is 34.3 Å². The molecule has 40 heavy (non-hydrogen) atoms. The molecule has 0 aromatic rings. The number of hydrogen-bond acceptors (Lipinski definition) is 10. The van der Waals surface area contributed by atoms with Crippen molar-refractivity contribution in [1.82, 2.24) is 9.80 Å². The number of hydrogen-bond donors (Lipinski definition) is 2. The lowest BCUT2D eigenvalue weighted by atomic mass is 9.53. The van der Waals surface area contributed by atoms with Gasteiger partial charge in [-0.3, -0.25) is 9.59 Å². The Hall–Kier alpha value is -2.69. The maximum atomic E-state index is 14.1. The van der Waals surface area contributed by atoms with E-state index >= 15 is 0 Å². The molecule has 7 unspecified atom stereocenters. The van der Waals surface area contributed by atoms with Crippen molar-refractivity contribution in [2.45, 2.75) is 78.2 Å². The molecule has 10 nitrogen and oxygen atoms in total. The highest BCUT2D eigenvalue weighted by atomic mass is 16.6. The van der Waals surface area contributed by atoms with Crippen LogP contribution in [-0.2, 0) is 28.6 Å². The average Bonchev–Trinajstić information content (AvgIpc) is 3.17. The van der Waals surface area contributed by atoms with Gasteiger partial charge < -0.3 is 34.2 Å². The Morgan fingerprint density at radius 3 is 2.50 bits per heavy atom. The number of nitrogens with zero attached hydrogens (tertiary/aromatic N) is 2.